The molecule has 3 rings (SSSR count). The van der Waals surface area contributed by atoms with E-state index >= 15 is 0 Å². The smallest absolute Gasteiger partial charge is 0.316 e. The van der Waals surface area contributed by atoms with Crippen molar-refractivity contribution in [3.63, 3.8) is 0 Å². The average molecular weight is 272 g/mol. The lowest BCUT2D eigenvalue weighted by Gasteiger charge is -1.98. The van der Waals surface area contributed by atoms with Crippen LogP contribution in [0.5, 0.6) is 5.75 Å². The van der Waals surface area contributed by atoms with Crippen LogP contribution in [0.2, 0.25) is 0 Å². The molecule has 0 aliphatic carbocycles. The third kappa shape index (κ3) is 2.25. The van der Waals surface area contributed by atoms with Crippen molar-refractivity contribution in [2.75, 3.05) is 7.11 Å². The molecule has 7 heteroatoms. The Morgan fingerprint density at radius 3 is 2.35 bits per heavy atom. The maximum atomic E-state index is 5.13. The van der Waals surface area contributed by atoms with Gasteiger partial charge in [-0.1, -0.05) is 17.2 Å². The van der Waals surface area contributed by atoms with Gasteiger partial charge in [-0.05, 0) is 24.3 Å². The van der Waals surface area contributed by atoms with Gasteiger partial charge in [-0.15, -0.1) is 0 Å². The molecular weight excluding hydrogens is 260 g/mol. The molecule has 0 aliphatic rings. The third-order valence-electron chi connectivity index (χ3n) is 2.74. The molecule has 0 radical (unpaired) electrons. The number of hydrogen-bond donors (Lipinski definition) is 0. The first-order chi connectivity index (χ1) is 9.80. The molecule has 0 saturated heterocycles. The van der Waals surface area contributed by atoms with E-state index in [1.807, 2.05) is 31.2 Å². The lowest BCUT2D eigenvalue weighted by molar-refractivity contribution is 0.380. The van der Waals surface area contributed by atoms with E-state index in [4.69, 9.17) is 13.8 Å². The highest BCUT2D eigenvalue weighted by molar-refractivity contribution is 5.57. The van der Waals surface area contributed by atoms with E-state index < -0.39 is 0 Å². The van der Waals surface area contributed by atoms with Crippen LogP contribution in [0.1, 0.15) is 12.7 Å². The predicted octanol–water partition coefficient (Wildman–Crippen LogP) is 2.36. The fourth-order valence-corrected chi connectivity index (χ4v) is 1.65. The number of aryl methyl sites for hydroxylation is 1. The summed E-state index contributed by atoms with van der Waals surface area (Å²) in [6, 6.07) is 7.35. The lowest BCUT2D eigenvalue weighted by atomic mass is 10.2. The summed E-state index contributed by atoms with van der Waals surface area (Å²) in [6.45, 7) is 1.94. The Kier molecular flexibility index (Phi) is 3.16. The molecule has 0 fully saturated rings. The van der Waals surface area contributed by atoms with Crippen LogP contribution in [0.3, 0.4) is 0 Å². The highest BCUT2D eigenvalue weighted by atomic mass is 16.5. The van der Waals surface area contributed by atoms with Gasteiger partial charge in [0.2, 0.25) is 5.82 Å². The summed E-state index contributed by atoms with van der Waals surface area (Å²) in [6.07, 6.45) is 0.684. The first-order valence-corrected chi connectivity index (χ1v) is 6.11. The van der Waals surface area contributed by atoms with E-state index in [2.05, 4.69) is 20.3 Å². The number of benzene rings is 1. The standard InChI is InChI=1S/C13H12N4O3/c1-3-10-14-12(19-16-10)13-15-11(17-20-13)8-4-6-9(18-2)7-5-8/h4-7H,3H2,1-2H3. The Labute approximate surface area is 114 Å². The van der Waals surface area contributed by atoms with Crippen molar-refractivity contribution in [1.29, 1.82) is 0 Å². The van der Waals surface area contributed by atoms with Crippen LogP contribution < -0.4 is 4.74 Å². The van der Waals surface area contributed by atoms with Crippen LogP contribution in [-0.2, 0) is 6.42 Å². The molecule has 2 heterocycles. The molecule has 1 aromatic carbocycles. The second-order valence-corrected chi connectivity index (χ2v) is 4.02. The van der Waals surface area contributed by atoms with E-state index in [1.165, 1.54) is 0 Å². The van der Waals surface area contributed by atoms with E-state index in [0.29, 0.717) is 18.1 Å². The maximum Gasteiger partial charge on any atom is 0.316 e. The van der Waals surface area contributed by atoms with Gasteiger partial charge < -0.3 is 13.8 Å². The molecule has 0 bridgehead atoms. The lowest BCUT2D eigenvalue weighted by Crippen LogP contribution is -1.84. The molecule has 0 atom stereocenters. The molecule has 0 amide bonds. The van der Waals surface area contributed by atoms with Crippen molar-refractivity contribution in [1.82, 2.24) is 20.3 Å². The minimum absolute atomic E-state index is 0.211. The van der Waals surface area contributed by atoms with Gasteiger partial charge in [-0.2, -0.15) is 9.97 Å². The Morgan fingerprint density at radius 1 is 1.00 bits per heavy atom. The quantitative estimate of drug-likeness (QED) is 0.720. The number of methoxy groups -OCH3 is 1. The van der Waals surface area contributed by atoms with E-state index in [1.54, 1.807) is 7.11 Å². The Hall–Kier alpha value is -2.70. The van der Waals surface area contributed by atoms with Crippen LogP contribution in [0.25, 0.3) is 23.2 Å². The summed E-state index contributed by atoms with van der Waals surface area (Å²) in [4.78, 5) is 8.38. The van der Waals surface area contributed by atoms with Gasteiger partial charge >= 0.3 is 11.8 Å². The van der Waals surface area contributed by atoms with E-state index in [9.17, 15) is 0 Å². The van der Waals surface area contributed by atoms with Crippen LogP contribution in [0.15, 0.2) is 33.3 Å². The van der Waals surface area contributed by atoms with E-state index in [0.717, 1.165) is 11.3 Å². The minimum Gasteiger partial charge on any atom is -0.497 e. The molecule has 20 heavy (non-hydrogen) atoms. The van der Waals surface area contributed by atoms with E-state index in [-0.39, 0.29) is 11.8 Å². The highest BCUT2D eigenvalue weighted by Crippen LogP contribution is 2.22. The largest absolute Gasteiger partial charge is 0.497 e. The minimum atomic E-state index is 0.211. The van der Waals surface area contributed by atoms with Crippen molar-refractivity contribution in [3.8, 4) is 28.9 Å². The zero-order chi connectivity index (χ0) is 13.9. The Bertz CT molecular complexity index is 702. The van der Waals surface area contributed by atoms with Crippen LogP contribution >= 0.6 is 0 Å². The summed E-state index contributed by atoms with van der Waals surface area (Å²) in [7, 11) is 1.61. The molecule has 0 N–H and O–H groups in total. The van der Waals surface area contributed by atoms with Crippen molar-refractivity contribution in [2.45, 2.75) is 13.3 Å². The average Bonchev–Trinajstić information content (AvgIpc) is 3.16. The summed E-state index contributed by atoms with van der Waals surface area (Å²) in [5.74, 6) is 2.27. The summed E-state index contributed by atoms with van der Waals surface area (Å²) < 4.78 is 15.3. The topological polar surface area (TPSA) is 87.1 Å². The van der Waals surface area contributed by atoms with Gasteiger partial charge in [-0.3, -0.25) is 0 Å². The third-order valence-corrected chi connectivity index (χ3v) is 2.74. The fraction of sp³-hybridized carbons (Fsp3) is 0.231. The number of ether oxygens (including phenoxy) is 1. The second kappa shape index (κ2) is 5.12. The Balaban J connectivity index is 1.88. The summed E-state index contributed by atoms with van der Waals surface area (Å²) in [5.41, 5.74) is 0.816. The van der Waals surface area contributed by atoms with Gasteiger partial charge in [0.25, 0.3) is 0 Å². The van der Waals surface area contributed by atoms with Crippen LogP contribution in [0.4, 0.5) is 0 Å². The molecular formula is C13H12N4O3. The maximum absolute atomic E-state index is 5.13. The highest BCUT2D eigenvalue weighted by Gasteiger charge is 2.16. The fourth-order valence-electron chi connectivity index (χ4n) is 1.65. The number of rotatable bonds is 4. The second-order valence-electron chi connectivity index (χ2n) is 4.02. The van der Waals surface area contributed by atoms with Gasteiger partial charge in [0.15, 0.2) is 5.82 Å². The zero-order valence-electron chi connectivity index (χ0n) is 11.0. The molecule has 7 nitrogen and oxygen atoms in total. The van der Waals surface area contributed by atoms with Crippen LogP contribution in [0, 0.1) is 0 Å². The molecule has 0 spiro atoms. The first kappa shape index (κ1) is 12.3. The summed E-state index contributed by atoms with van der Waals surface area (Å²) in [5, 5.41) is 7.68. The number of aromatic nitrogens is 4. The van der Waals surface area contributed by atoms with Crippen molar-refractivity contribution >= 4 is 0 Å². The molecule has 102 valence electrons. The normalized spacial score (nSPS) is 10.7. The van der Waals surface area contributed by atoms with Crippen molar-refractivity contribution in [3.05, 3.63) is 30.1 Å². The monoisotopic (exact) mass is 272 g/mol. The molecule has 0 aliphatic heterocycles. The van der Waals surface area contributed by atoms with Crippen LogP contribution in [-0.4, -0.2) is 27.4 Å². The molecule has 3 aromatic rings. The number of nitrogens with zero attached hydrogens (tertiary/aromatic N) is 4. The van der Waals surface area contributed by atoms with Gasteiger partial charge in [0, 0.05) is 12.0 Å². The van der Waals surface area contributed by atoms with Gasteiger partial charge in [-0.25, -0.2) is 0 Å². The SMILES string of the molecule is CCc1noc(-c2nc(-c3ccc(OC)cc3)no2)n1. The molecule has 2 aromatic heterocycles. The predicted molar refractivity (Wildman–Crippen MR) is 69.0 cm³/mol. The van der Waals surface area contributed by atoms with Crippen molar-refractivity contribution in [2.24, 2.45) is 0 Å². The van der Waals surface area contributed by atoms with Crippen molar-refractivity contribution < 1.29 is 13.8 Å². The Morgan fingerprint density at radius 2 is 1.70 bits per heavy atom. The summed E-state index contributed by atoms with van der Waals surface area (Å²) >= 11 is 0. The first-order valence-electron chi connectivity index (χ1n) is 6.11. The van der Waals surface area contributed by atoms with Gasteiger partial charge in [0.05, 0.1) is 7.11 Å². The van der Waals surface area contributed by atoms with Gasteiger partial charge in [0.1, 0.15) is 5.75 Å². The number of hydrogen-bond acceptors (Lipinski definition) is 7. The molecule has 0 saturated carbocycles. The zero-order valence-corrected chi connectivity index (χ0v) is 11.0. The molecule has 0 unspecified atom stereocenters.